The number of esters is 1. The summed E-state index contributed by atoms with van der Waals surface area (Å²) in [6, 6.07) is 1.52. The van der Waals surface area contributed by atoms with Crippen molar-refractivity contribution in [3.63, 3.8) is 0 Å². The van der Waals surface area contributed by atoms with Crippen LogP contribution in [0.5, 0.6) is 0 Å². The molecule has 1 heterocycles. The smallest absolute Gasteiger partial charge is 0.325 e. The lowest BCUT2D eigenvalue weighted by molar-refractivity contribution is -0.152. The summed E-state index contributed by atoms with van der Waals surface area (Å²) in [5.41, 5.74) is -0.480. The van der Waals surface area contributed by atoms with Crippen LogP contribution in [0.15, 0.2) is 17.1 Å². The highest BCUT2D eigenvalue weighted by molar-refractivity contribution is 5.75. The van der Waals surface area contributed by atoms with Gasteiger partial charge in [-0.05, 0) is 26.8 Å². The van der Waals surface area contributed by atoms with Crippen LogP contribution in [0.25, 0.3) is 0 Å². The molecule has 0 atom stereocenters. The first kappa shape index (κ1) is 13.2. The maximum absolute atomic E-state index is 11.6. The molecule has 1 aromatic heterocycles. The Morgan fingerprint density at radius 1 is 1.53 bits per heavy atom. The number of carbonyl (C=O) groups is 1. The number of anilines is 1. The van der Waals surface area contributed by atoms with Crippen molar-refractivity contribution in [3.05, 3.63) is 22.6 Å². The molecule has 0 saturated carbocycles. The Morgan fingerprint density at radius 2 is 2.18 bits per heavy atom. The summed E-state index contributed by atoms with van der Waals surface area (Å²) in [6.45, 7) is 5.32. The second-order valence-corrected chi connectivity index (χ2v) is 4.61. The second kappa shape index (κ2) is 4.99. The Labute approximate surface area is 99.6 Å². The largest absolute Gasteiger partial charge is 0.459 e. The number of nitrogens with one attached hydrogen (secondary N) is 1. The van der Waals surface area contributed by atoms with Crippen molar-refractivity contribution in [2.24, 2.45) is 7.05 Å². The lowest BCUT2D eigenvalue weighted by Gasteiger charge is -2.19. The van der Waals surface area contributed by atoms with Crippen molar-refractivity contribution in [1.29, 1.82) is 0 Å². The van der Waals surface area contributed by atoms with Gasteiger partial charge in [0, 0.05) is 13.2 Å². The highest BCUT2D eigenvalue weighted by Gasteiger charge is 2.16. The van der Waals surface area contributed by atoms with Crippen LogP contribution in [0.2, 0.25) is 0 Å². The van der Waals surface area contributed by atoms with Crippen molar-refractivity contribution in [3.8, 4) is 0 Å². The summed E-state index contributed by atoms with van der Waals surface area (Å²) in [6.07, 6.45) is 1.48. The molecular weight excluding hydrogens is 222 g/mol. The zero-order chi connectivity index (χ0) is 13.1. The van der Waals surface area contributed by atoms with Crippen LogP contribution >= 0.6 is 0 Å². The van der Waals surface area contributed by atoms with Crippen molar-refractivity contribution in [2.45, 2.75) is 26.4 Å². The van der Waals surface area contributed by atoms with Gasteiger partial charge in [-0.2, -0.15) is 5.10 Å². The maximum Gasteiger partial charge on any atom is 0.325 e. The molecule has 17 heavy (non-hydrogen) atoms. The molecule has 0 aromatic carbocycles. The Kier molecular flexibility index (Phi) is 3.88. The molecule has 0 saturated heterocycles. The van der Waals surface area contributed by atoms with Gasteiger partial charge in [0.15, 0.2) is 0 Å². The van der Waals surface area contributed by atoms with E-state index in [2.05, 4.69) is 10.4 Å². The normalized spacial score (nSPS) is 11.1. The molecule has 0 bridgehead atoms. The van der Waals surface area contributed by atoms with E-state index in [-0.39, 0.29) is 12.1 Å². The van der Waals surface area contributed by atoms with Gasteiger partial charge in [-0.15, -0.1) is 0 Å². The number of hydrogen-bond acceptors (Lipinski definition) is 5. The van der Waals surface area contributed by atoms with Crippen molar-refractivity contribution >= 4 is 11.7 Å². The van der Waals surface area contributed by atoms with Gasteiger partial charge in [0.1, 0.15) is 17.8 Å². The summed E-state index contributed by atoms with van der Waals surface area (Å²) < 4.78 is 6.30. The Balaban J connectivity index is 2.60. The predicted octanol–water partition coefficient (Wildman–Crippen LogP) is 0.534. The van der Waals surface area contributed by atoms with E-state index in [0.717, 1.165) is 0 Å². The first-order valence-electron chi connectivity index (χ1n) is 5.27. The standard InChI is InChI=1S/C11H17N3O3/c1-11(2,3)17-9(15)7-12-8-5-6-13-14(4)10(8)16/h5-6,12H,7H2,1-4H3. The summed E-state index contributed by atoms with van der Waals surface area (Å²) >= 11 is 0. The van der Waals surface area contributed by atoms with E-state index < -0.39 is 11.6 Å². The van der Waals surface area contributed by atoms with E-state index >= 15 is 0 Å². The highest BCUT2D eigenvalue weighted by Crippen LogP contribution is 2.07. The van der Waals surface area contributed by atoms with Crippen LogP contribution in [0.3, 0.4) is 0 Å². The minimum absolute atomic E-state index is 0.0451. The van der Waals surface area contributed by atoms with Crippen molar-refractivity contribution < 1.29 is 9.53 Å². The Bertz CT molecular complexity index is 460. The summed E-state index contributed by atoms with van der Waals surface area (Å²) in [4.78, 5) is 23.0. The highest BCUT2D eigenvalue weighted by atomic mass is 16.6. The summed E-state index contributed by atoms with van der Waals surface area (Å²) in [5, 5.41) is 6.50. The molecule has 6 nitrogen and oxygen atoms in total. The van der Waals surface area contributed by atoms with Crippen molar-refractivity contribution in [2.75, 3.05) is 11.9 Å². The van der Waals surface area contributed by atoms with E-state index in [1.807, 2.05) is 0 Å². The minimum atomic E-state index is -0.526. The molecule has 0 fully saturated rings. The average molecular weight is 239 g/mol. The molecule has 0 radical (unpaired) electrons. The van der Waals surface area contributed by atoms with E-state index in [9.17, 15) is 9.59 Å². The van der Waals surface area contributed by atoms with Crippen LogP contribution in [-0.2, 0) is 16.6 Å². The van der Waals surface area contributed by atoms with Crippen LogP contribution in [-0.4, -0.2) is 27.9 Å². The predicted molar refractivity (Wildman–Crippen MR) is 63.8 cm³/mol. The van der Waals surface area contributed by atoms with Crippen molar-refractivity contribution in [1.82, 2.24) is 9.78 Å². The lowest BCUT2D eigenvalue weighted by Crippen LogP contribution is -2.30. The van der Waals surface area contributed by atoms with E-state index in [1.54, 1.807) is 27.8 Å². The first-order valence-corrected chi connectivity index (χ1v) is 5.27. The Hall–Kier alpha value is -1.85. The molecule has 0 amide bonds. The van der Waals surface area contributed by atoms with Gasteiger partial charge in [0.25, 0.3) is 5.56 Å². The van der Waals surface area contributed by atoms with Crippen LogP contribution in [0.4, 0.5) is 5.69 Å². The number of carbonyl (C=O) groups excluding carboxylic acids is 1. The van der Waals surface area contributed by atoms with Gasteiger partial charge in [-0.1, -0.05) is 0 Å². The monoisotopic (exact) mass is 239 g/mol. The number of aromatic nitrogens is 2. The van der Waals surface area contributed by atoms with Crippen LogP contribution in [0.1, 0.15) is 20.8 Å². The molecule has 0 unspecified atom stereocenters. The van der Waals surface area contributed by atoms with Crippen LogP contribution < -0.4 is 10.9 Å². The SMILES string of the molecule is Cn1nccc(NCC(=O)OC(C)(C)C)c1=O. The number of rotatable bonds is 3. The quantitative estimate of drug-likeness (QED) is 0.779. The molecule has 0 spiro atoms. The third kappa shape index (κ3) is 4.26. The zero-order valence-corrected chi connectivity index (χ0v) is 10.5. The van der Waals surface area contributed by atoms with Gasteiger partial charge in [0.05, 0.1) is 0 Å². The first-order chi connectivity index (χ1) is 7.79. The summed E-state index contributed by atoms with van der Waals surface area (Å²) in [5.74, 6) is -0.406. The number of aryl methyl sites for hydroxylation is 1. The molecular formula is C11H17N3O3. The molecule has 1 rings (SSSR count). The number of hydrogen-bond donors (Lipinski definition) is 1. The molecule has 6 heteroatoms. The Morgan fingerprint density at radius 3 is 2.76 bits per heavy atom. The molecule has 94 valence electrons. The zero-order valence-electron chi connectivity index (χ0n) is 10.5. The fraction of sp³-hybridized carbons (Fsp3) is 0.545. The maximum atomic E-state index is 11.6. The molecule has 0 aliphatic heterocycles. The summed E-state index contributed by atoms with van der Waals surface area (Å²) in [7, 11) is 1.54. The average Bonchev–Trinajstić information content (AvgIpc) is 2.18. The fourth-order valence-electron chi connectivity index (χ4n) is 1.19. The third-order valence-corrected chi connectivity index (χ3v) is 1.85. The minimum Gasteiger partial charge on any atom is -0.459 e. The number of ether oxygens (including phenoxy) is 1. The van der Waals surface area contributed by atoms with Gasteiger partial charge in [-0.3, -0.25) is 9.59 Å². The topological polar surface area (TPSA) is 73.2 Å². The van der Waals surface area contributed by atoms with Gasteiger partial charge < -0.3 is 10.1 Å². The van der Waals surface area contributed by atoms with E-state index in [1.165, 1.54) is 16.9 Å². The molecule has 0 aliphatic carbocycles. The molecule has 1 N–H and O–H groups in total. The van der Waals surface area contributed by atoms with Gasteiger partial charge in [0.2, 0.25) is 0 Å². The molecule has 1 aromatic rings. The molecule has 0 aliphatic rings. The van der Waals surface area contributed by atoms with Crippen LogP contribution in [0, 0.1) is 0 Å². The second-order valence-electron chi connectivity index (χ2n) is 4.61. The van der Waals surface area contributed by atoms with Gasteiger partial charge in [-0.25, -0.2) is 4.68 Å². The third-order valence-electron chi connectivity index (χ3n) is 1.85. The van der Waals surface area contributed by atoms with Gasteiger partial charge >= 0.3 is 5.97 Å². The number of nitrogens with zero attached hydrogens (tertiary/aromatic N) is 2. The van der Waals surface area contributed by atoms with E-state index in [4.69, 9.17) is 4.74 Å². The lowest BCUT2D eigenvalue weighted by atomic mass is 10.2. The van der Waals surface area contributed by atoms with E-state index in [0.29, 0.717) is 5.69 Å². The fourth-order valence-corrected chi connectivity index (χ4v) is 1.19.